The molecule has 30 heavy (non-hydrogen) atoms. The molecule has 2 aromatic rings. The second-order valence-electron chi connectivity index (χ2n) is 7.55. The molecule has 0 aliphatic carbocycles. The van der Waals surface area contributed by atoms with Crippen LogP contribution in [0.5, 0.6) is 0 Å². The zero-order chi connectivity index (χ0) is 20.6. The number of hydrogen-bond acceptors (Lipinski definition) is 4. The summed E-state index contributed by atoms with van der Waals surface area (Å²) >= 11 is 7.36. The van der Waals surface area contributed by atoms with Crippen molar-refractivity contribution in [1.29, 1.82) is 0 Å². The highest BCUT2D eigenvalue weighted by atomic mass is 127. The van der Waals surface area contributed by atoms with Gasteiger partial charge in [0.2, 0.25) is 0 Å². The second-order valence-corrected chi connectivity index (χ2v) is 9.29. The van der Waals surface area contributed by atoms with E-state index in [1.54, 1.807) is 0 Å². The zero-order valence-electron chi connectivity index (χ0n) is 17.6. The number of thiophene rings is 1. The van der Waals surface area contributed by atoms with E-state index in [0.717, 1.165) is 43.3 Å². The van der Waals surface area contributed by atoms with Gasteiger partial charge in [-0.1, -0.05) is 41.9 Å². The van der Waals surface area contributed by atoms with Crippen LogP contribution >= 0.6 is 46.9 Å². The Labute approximate surface area is 205 Å². The third-order valence-corrected chi connectivity index (χ3v) is 6.60. The largest absolute Gasteiger partial charge is 0.386 e. The molecule has 1 aliphatic heterocycles. The fourth-order valence-electron chi connectivity index (χ4n) is 3.69. The van der Waals surface area contributed by atoms with Crippen molar-refractivity contribution in [1.82, 2.24) is 15.5 Å². The summed E-state index contributed by atoms with van der Waals surface area (Å²) in [6.45, 7) is 7.51. The molecular weight excluding hydrogens is 531 g/mol. The van der Waals surface area contributed by atoms with Crippen molar-refractivity contribution in [3.63, 3.8) is 0 Å². The third-order valence-electron chi connectivity index (χ3n) is 5.27. The minimum absolute atomic E-state index is 0. The lowest BCUT2D eigenvalue weighted by molar-refractivity contribution is 0.134. The minimum Gasteiger partial charge on any atom is -0.386 e. The Balaban J connectivity index is 0.00000320. The highest BCUT2D eigenvalue weighted by Crippen LogP contribution is 2.27. The van der Waals surface area contributed by atoms with E-state index in [2.05, 4.69) is 64.7 Å². The average Bonchev–Trinajstić information content (AvgIpc) is 3.15. The van der Waals surface area contributed by atoms with Gasteiger partial charge < -0.3 is 15.7 Å². The lowest BCUT2D eigenvalue weighted by Crippen LogP contribution is -2.51. The highest BCUT2D eigenvalue weighted by molar-refractivity contribution is 14.0. The second kappa shape index (κ2) is 12.9. The molecule has 3 N–H and O–H groups in total. The van der Waals surface area contributed by atoms with E-state index in [4.69, 9.17) is 11.6 Å². The van der Waals surface area contributed by atoms with Crippen LogP contribution in [-0.4, -0.2) is 47.7 Å². The van der Waals surface area contributed by atoms with Gasteiger partial charge in [-0.05, 0) is 44.4 Å². The summed E-state index contributed by atoms with van der Waals surface area (Å²) in [5.74, 6) is 0.767. The predicted octanol–water partition coefficient (Wildman–Crippen LogP) is 4.66. The molecule has 0 radical (unpaired) electrons. The summed E-state index contributed by atoms with van der Waals surface area (Å²) in [5, 5.41) is 17.2. The van der Waals surface area contributed by atoms with Crippen LogP contribution in [0.15, 0.2) is 47.5 Å². The van der Waals surface area contributed by atoms with Crippen LogP contribution in [0.3, 0.4) is 0 Å². The van der Waals surface area contributed by atoms with Crippen LogP contribution in [-0.2, 0) is 6.54 Å². The zero-order valence-corrected chi connectivity index (χ0v) is 21.5. The van der Waals surface area contributed by atoms with Gasteiger partial charge in [-0.15, -0.1) is 35.3 Å². The van der Waals surface area contributed by atoms with Gasteiger partial charge in [-0.3, -0.25) is 9.89 Å². The monoisotopic (exact) mass is 562 g/mol. The van der Waals surface area contributed by atoms with E-state index in [1.807, 2.05) is 12.1 Å². The standard InChI is InChI=1S/C22H31ClN4OS.HI/c1-3-24-22(25-14-19(28)20-9-10-21(23)29-20)26-18-11-12-27(16(2)13-18)15-17-7-5-4-6-8-17;/h4-10,16,18-19,28H,3,11-15H2,1-2H3,(H2,24,25,26);1H. The number of aliphatic hydroxyl groups is 1. The Kier molecular flexibility index (Phi) is 10.9. The maximum Gasteiger partial charge on any atom is 0.191 e. The fourth-order valence-corrected chi connectivity index (χ4v) is 4.73. The van der Waals surface area contributed by atoms with Crippen molar-refractivity contribution in [2.45, 2.75) is 51.4 Å². The van der Waals surface area contributed by atoms with E-state index < -0.39 is 6.10 Å². The molecule has 166 valence electrons. The molecule has 8 heteroatoms. The Hall–Kier alpha value is -0.870. The number of aliphatic imine (C=N–C) groups is 1. The van der Waals surface area contributed by atoms with E-state index in [0.29, 0.717) is 23.0 Å². The molecule has 1 fully saturated rings. The number of nitrogens with one attached hydrogen (secondary N) is 2. The van der Waals surface area contributed by atoms with Gasteiger partial charge in [0.25, 0.3) is 0 Å². The molecule has 3 rings (SSSR count). The summed E-state index contributed by atoms with van der Waals surface area (Å²) in [5.41, 5.74) is 1.36. The molecule has 0 bridgehead atoms. The molecule has 1 aromatic carbocycles. The first-order valence-electron chi connectivity index (χ1n) is 10.3. The summed E-state index contributed by atoms with van der Waals surface area (Å²) in [4.78, 5) is 7.99. The Morgan fingerprint density at radius 2 is 2.07 bits per heavy atom. The molecule has 0 amide bonds. The highest BCUT2D eigenvalue weighted by Gasteiger charge is 2.26. The molecule has 1 saturated heterocycles. The first-order chi connectivity index (χ1) is 14.0. The summed E-state index contributed by atoms with van der Waals surface area (Å²) in [6, 6.07) is 15.2. The first-order valence-corrected chi connectivity index (χ1v) is 11.5. The number of nitrogens with zero attached hydrogens (tertiary/aromatic N) is 2. The molecule has 2 heterocycles. The van der Waals surface area contributed by atoms with Crippen molar-refractivity contribution in [3.8, 4) is 0 Å². The number of guanidine groups is 1. The van der Waals surface area contributed by atoms with Gasteiger partial charge in [-0.2, -0.15) is 0 Å². The number of piperidine rings is 1. The van der Waals surface area contributed by atoms with E-state index in [-0.39, 0.29) is 24.0 Å². The van der Waals surface area contributed by atoms with Crippen molar-refractivity contribution in [3.05, 3.63) is 57.2 Å². The number of rotatable bonds is 7. The SMILES string of the molecule is CCNC(=NCC(O)c1ccc(Cl)s1)NC1CCN(Cc2ccccc2)C(C)C1.I. The topological polar surface area (TPSA) is 59.9 Å². The lowest BCUT2D eigenvalue weighted by Gasteiger charge is -2.38. The van der Waals surface area contributed by atoms with E-state index in [9.17, 15) is 5.11 Å². The summed E-state index contributed by atoms with van der Waals surface area (Å²) in [7, 11) is 0. The quantitative estimate of drug-likeness (QED) is 0.261. The minimum atomic E-state index is -0.630. The van der Waals surface area contributed by atoms with E-state index in [1.165, 1.54) is 16.9 Å². The van der Waals surface area contributed by atoms with Crippen LogP contribution in [0.25, 0.3) is 0 Å². The van der Waals surface area contributed by atoms with Crippen LogP contribution in [0.2, 0.25) is 4.34 Å². The fraction of sp³-hybridized carbons (Fsp3) is 0.500. The molecule has 3 unspecified atom stereocenters. The molecule has 3 atom stereocenters. The van der Waals surface area contributed by atoms with Crippen LogP contribution in [0.4, 0.5) is 0 Å². The van der Waals surface area contributed by atoms with Crippen molar-refractivity contribution in [2.75, 3.05) is 19.6 Å². The molecule has 0 spiro atoms. The van der Waals surface area contributed by atoms with Crippen LogP contribution in [0, 0.1) is 0 Å². The maximum absolute atomic E-state index is 10.4. The van der Waals surface area contributed by atoms with Crippen molar-refractivity contribution in [2.24, 2.45) is 4.99 Å². The van der Waals surface area contributed by atoms with Crippen molar-refractivity contribution < 1.29 is 5.11 Å². The lowest BCUT2D eigenvalue weighted by atomic mass is 9.97. The molecular formula is C22H32ClIN4OS. The number of halogens is 2. The van der Waals surface area contributed by atoms with E-state index >= 15 is 0 Å². The Morgan fingerprint density at radius 3 is 2.70 bits per heavy atom. The Bertz CT molecular complexity index is 788. The van der Waals surface area contributed by atoms with Gasteiger partial charge in [-0.25, -0.2) is 0 Å². The number of hydrogen-bond donors (Lipinski definition) is 3. The smallest absolute Gasteiger partial charge is 0.191 e. The van der Waals surface area contributed by atoms with Gasteiger partial charge in [0.15, 0.2) is 5.96 Å². The molecule has 5 nitrogen and oxygen atoms in total. The van der Waals surface area contributed by atoms with Gasteiger partial charge in [0, 0.05) is 36.6 Å². The van der Waals surface area contributed by atoms with Crippen LogP contribution in [0.1, 0.15) is 43.2 Å². The van der Waals surface area contributed by atoms with Crippen LogP contribution < -0.4 is 10.6 Å². The molecule has 0 saturated carbocycles. The number of benzene rings is 1. The predicted molar refractivity (Wildman–Crippen MR) is 138 cm³/mol. The first kappa shape index (κ1) is 25.4. The number of aliphatic hydroxyl groups excluding tert-OH is 1. The molecule has 1 aromatic heterocycles. The summed E-state index contributed by atoms with van der Waals surface area (Å²) < 4.78 is 0.685. The average molecular weight is 563 g/mol. The molecule has 1 aliphatic rings. The normalized spacial score (nSPS) is 21.0. The summed E-state index contributed by atoms with van der Waals surface area (Å²) in [6.07, 6.45) is 1.51. The van der Waals surface area contributed by atoms with Gasteiger partial charge in [0.1, 0.15) is 6.10 Å². The van der Waals surface area contributed by atoms with Gasteiger partial charge >= 0.3 is 0 Å². The van der Waals surface area contributed by atoms with Crippen molar-refractivity contribution >= 4 is 52.9 Å². The maximum atomic E-state index is 10.4. The third kappa shape index (κ3) is 7.67. The Morgan fingerprint density at radius 1 is 1.30 bits per heavy atom. The van der Waals surface area contributed by atoms with Gasteiger partial charge in [0.05, 0.1) is 10.9 Å². The number of likely N-dealkylation sites (tertiary alicyclic amines) is 1.